The SMILES string of the molecule is COC(=O)CCCS(=O)(=O)Nc1cc(Cl)ccc1C. The van der Waals surface area contributed by atoms with Crippen LogP contribution in [0.25, 0.3) is 0 Å². The van der Waals surface area contributed by atoms with Gasteiger partial charge in [-0.1, -0.05) is 17.7 Å². The predicted molar refractivity (Wildman–Crippen MR) is 74.8 cm³/mol. The minimum atomic E-state index is -3.49. The van der Waals surface area contributed by atoms with Gasteiger partial charge in [-0.25, -0.2) is 8.42 Å². The molecule has 0 aliphatic carbocycles. The van der Waals surface area contributed by atoms with Gasteiger partial charge in [0.1, 0.15) is 0 Å². The quantitative estimate of drug-likeness (QED) is 0.819. The molecule has 1 aromatic rings. The van der Waals surface area contributed by atoms with E-state index in [1.165, 1.54) is 7.11 Å². The maximum Gasteiger partial charge on any atom is 0.305 e. The zero-order chi connectivity index (χ0) is 14.5. The Morgan fingerprint density at radius 2 is 2.11 bits per heavy atom. The molecule has 0 unspecified atom stereocenters. The van der Waals surface area contributed by atoms with Crippen LogP contribution in [0.15, 0.2) is 18.2 Å². The Morgan fingerprint density at radius 3 is 2.74 bits per heavy atom. The number of anilines is 1. The number of halogens is 1. The molecule has 0 atom stereocenters. The maximum atomic E-state index is 11.8. The zero-order valence-electron chi connectivity index (χ0n) is 10.8. The van der Waals surface area contributed by atoms with Gasteiger partial charge in [0.25, 0.3) is 0 Å². The molecule has 0 aromatic heterocycles. The van der Waals surface area contributed by atoms with Crippen LogP contribution in [0, 0.1) is 6.92 Å². The van der Waals surface area contributed by atoms with Crippen molar-refractivity contribution in [3.8, 4) is 0 Å². The Balaban J connectivity index is 2.64. The summed E-state index contributed by atoms with van der Waals surface area (Å²) in [6.07, 6.45) is 0.285. The molecule has 5 nitrogen and oxygen atoms in total. The van der Waals surface area contributed by atoms with Gasteiger partial charge in [-0.05, 0) is 31.0 Å². The fourth-order valence-corrected chi connectivity index (χ4v) is 2.78. The number of methoxy groups -OCH3 is 1. The Hall–Kier alpha value is -1.27. The highest BCUT2D eigenvalue weighted by Gasteiger charge is 2.13. The number of ether oxygens (including phenoxy) is 1. The first-order valence-electron chi connectivity index (χ1n) is 5.67. The maximum absolute atomic E-state index is 11.8. The van der Waals surface area contributed by atoms with Gasteiger partial charge in [0, 0.05) is 11.4 Å². The van der Waals surface area contributed by atoms with Crippen LogP contribution in [0.4, 0.5) is 5.69 Å². The number of benzene rings is 1. The Morgan fingerprint density at radius 1 is 1.42 bits per heavy atom. The topological polar surface area (TPSA) is 72.5 Å². The number of sulfonamides is 1. The lowest BCUT2D eigenvalue weighted by Crippen LogP contribution is -2.18. The normalized spacial score (nSPS) is 11.1. The van der Waals surface area contributed by atoms with Gasteiger partial charge < -0.3 is 4.74 Å². The van der Waals surface area contributed by atoms with Gasteiger partial charge >= 0.3 is 5.97 Å². The van der Waals surface area contributed by atoms with E-state index in [2.05, 4.69) is 9.46 Å². The Kier molecular flexibility index (Phi) is 5.62. The van der Waals surface area contributed by atoms with Gasteiger partial charge in [-0.15, -0.1) is 0 Å². The monoisotopic (exact) mass is 305 g/mol. The highest BCUT2D eigenvalue weighted by molar-refractivity contribution is 7.92. The van der Waals surface area contributed by atoms with Gasteiger partial charge in [-0.3, -0.25) is 9.52 Å². The van der Waals surface area contributed by atoms with Crippen molar-refractivity contribution >= 4 is 33.3 Å². The first-order valence-corrected chi connectivity index (χ1v) is 7.70. The lowest BCUT2D eigenvalue weighted by atomic mass is 10.2. The second-order valence-electron chi connectivity index (χ2n) is 4.06. The van der Waals surface area contributed by atoms with Gasteiger partial charge in [-0.2, -0.15) is 0 Å². The fraction of sp³-hybridized carbons (Fsp3) is 0.417. The number of rotatable bonds is 6. The third kappa shape index (κ3) is 5.48. The molecule has 19 heavy (non-hydrogen) atoms. The first kappa shape index (κ1) is 15.8. The van der Waals surface area contributed by atoms with Crippen LogP contribution in [-0.4, -0.2) is 27.2 Å². The van der Waals surface area contributed by atoms with E-state index in [0.29, 0.717) is 10.7 Å². The van der Waals surface area contributed by atoms with E-state index in [-0.39, 0.29) is 18.6 Å². The van der Waals surface area contributed by atoms with Crippen LogP contribution in [-0.2, 0) is 19.6 Å². The van der Waals surface area contributed by atoms with Crippen LogP contribution >= 0.6 is 11.6 Å². The van der Waals surface area contributed by atoms with Crippen LogP contribution in [0.5, 0.6) is 0 Å². The second-order valence-corrected chi connectivity index (χ2v) is 6.34. The third-order valence-corrected chi connectivity index (χ3v) is 4.08. The number of carbonyl (C=O) groups excluding carboxylic acids is 1. The molecule has 1 N–H and O–H groups in total. The number of aryl methyl sites for hydroxylation is 1. The number of carbonyl (C=O) groups is 1. The molecular formula is C12H16ClNO4S. The number of hydrogen-bond donors (Lipinski definition) is 1. The number of nitrogens with one attached hydrogen (secondary N) is 1. The van der Waals surface area contributed by atoms with Crippen LogP contribution in [0.1, 0.15) is 18.4 Å². The molecule has 0 bridgehead atoms. The molecule has 0 aliphatic heterocycles. The van der Waals surface area contributed by atoms with Crippen LogP contribution in [0.2, 0.25) is 5.02 Å². The van der Waals surface area contributed by atoms with Crippen molar-refractivity contribution in [1.29, 1.82) is 0 Å². The summed E-state index contributed by atoms with van der Waals surface area (Å²) in [6.45, 7) is 1.78. The smallest absolute Gasteiger partial charge is 0.305 e. The van der Waals surface area contributed by atoms with Crippen molar-refractivity contribution in [3.05, 3.63) is 28.8 Å². The van der Waals surface area contributed by atoms with Crippen LogP contribution in [0.3, 0.4) is 0 Å². The zero-order valence-corrected chi connectivity index (χ0v) is 12.3. The number of hydrogen-bond acceptors (Lipinski definition) is 4. The van der Waals surface area contributed by atoms with Crippen molar-refractivity contribution in [3.63, 3.8) is 0 Å². The van der Waals surface area contributed by atoms with Gasteiger partial charge in [0.2, 0.25) is 10.0 Å². The first-order chi connectivity index (χ1) is 8.84. The summed E-state index contributed by atoms with van der Waals surface area (Å²) in [5.74, 6) is -0.567. The minimum absolute atomic E-state index is 0.0753. The summed E-state index contributed by atoms with van der Waals surface area (Å²) in [4.78, 5) is 10.9. The molecule has 0 aliphatic rings. The fourth-order valence-electron chi connectivity index (χ4n) is 1.43. The molecule has 1 rings (SSSR count). The number of esters is 1. The lowest BCUT2D eigenvalue weighted by molar-refractivity contribution is -0.140. The summed E-state index contributed by atoms with van der Waals surface area (Å²) in [6, 6.07) is 4.97. The molecule has 0 saturated heterocycles. The molecule has 0 heterocycles. The molecule has 0 fully saturated rings. The average molecular weight is 306 g/mol. The average Bonchev–Trinajstić information content (AvgIpc) is 2.33. The minimum Gasteiger partial charge on any atom is -0.469 e. The Labute approximate surface area is 118 Å². The molecule has 0 amide bonds. The summed E-state index contributed by atoms with van der Waals surface area (Å²) in [5, 5.41) is 0.456. The van der Waals surface area contributed by atoms with Crippen molar-refractivity contribution in [1.82, 2.24) is 0 Å². The molecule has 0 spiro atoms. The predicted octanol–water partition coefficient (Wildman–Crippen LogP) is 2.34. The summed E-state index contributed by atoms with van der Waals surface area (Å²) < 4.78 is 30.6. The summed E-state index contributed by atoms with van der Waals surface area (Å²) >= 11 is 5.81. The van der Waals surface area contributed by atoms with E-state index >= 15 is 0 Å². The van der Waals surface area contributed by atoms with E-state index in [4.69, 9.17) is 11.6 Å². The molecule has 7 heteroatoms. The molecular weight excluding hydrogens is 290 g/mol. The van der Waals surface area contributed by atoms with Crippen LogP contribution < -0.4 is 4.72 Å². The van der Waals surface area contributed by atoms with Crippen molar-refractivity contribution in [2.75, 3.05) is 17.6 Å². The van der Waals surface area contributed by atoms with E-state index < -0.39 is 16.0 Å². The second kappa shape index (κ2) is 6.77. The molecule has 0 saturated carbocycles. The third-order valence-electron chi connectivity index (χ3n) is 2.49. The standard InChI is InChI=1S/C12H16ClNO4S/c1-9-5-6-10(13)8-11(9)14-19(16,17)7-3-4-12(15)18-2/h5-6,8,14H,3-4,7H2,1-2H3. The largest absolute Gasteiger partial charge is 0.469 e. The summed E-state index contributed by atoms with van der Waals surface area (Å²) in [7, 11) is -2.23. The van der Waals surface area contributed by atoms with Gasteiger partial charge in [0.15, 0.2) is 0 Å². The molecule has 106 valence electrons. The summed E-state index contributed by atoms with van der Waals surface area (Å²) in [5.41, 5.74) is 1.23. The van der Waals surface area contributed by atoms with Gasteiger partial charge in [0.05, 0.1) is 18.6 Å². The molecule has 0 radical (unpaired) electrons. The van der Waals surface area contributed by atoms with Crippen molar-refractivity contribution < 1.29 is 17.9 Å². The van der Waals surface area contributed by atoms with Crippen molar-refractivity contribution in [2.45, 2.75) is 19.8 Å². The molecule has 1 aromatic carbocycles. The van der Waals surface area contributed by atoms with E-state index in [1.807, 2.05) is 0 Å². The highest BCUT2D eigenvalue weighted by atomic mass is 35.5. The highest BCUT2D eigenvalue weighted by Crippen LogP contribution is 2.21. The van der Waals surface area contributed by atoms with E-state index in [0.717, 1.165) is 5.56 Å². The lowest BCUT2D eigenvalue weighted by Gasteiger charge is -2.10. The van der Waals surface area contributed by atoms with E-state index in [9.17, 15) is 13.2 Å². The van der Waals surface area contributed by atoms with E-state index in [1.54, 1.807) is 25.1 Å². The van der Waals surface area contributed by atoms with Crippen molar-refractivity contribution in [2.24, 2.45) is 0 Å². The Bertz CT molecular complexity index is 557.